The van der Waals surface area contributed by atoms with E-state index in [1.807, 2.05) is 19.9 Å². The van der Waals surface area contributed by atoms with Crippen LogP contribution in [0.15, 0.2) is 12.1 Å². The predicted octanol–water partition coefficient (Wildman–Crippen LogP) is 2.05. The van der Waals surface area contributed by atoms with Crippen LogP contribution in [0.5, 0.6) is 5.75 Å². The van der Waals surface area contributed by atoms with Gasteiger partial charge in [0.1, 0.15) is 5.75 Å². The third-order valence-corrected chi connectivity index (χ3v) is 2.69. The molecule has 3 nitrogen and oxygen atoms in total. The monoisotopic (exact) mass is 205 g/mol. The number of nitrogens with zero attached hydrogens (tertiary/aromatic N) is 1. The van der Waals surface area contributed by atoms with Crippen molar-refractivity contribution in [1.82, 2.24) is 0 Å². The minimum atomic E-state index is 0.112. The molecule has 80 valence electrons. The Morgan fingerprint density at radius 3 is 2.80 bits per heavy atom. The van der Waals surface area contributed by atoms with Gasteiger partial charge >= 0.3 is 0 Å². The van der Waals surface area contributed by atoms with Crippen LogP contribution in [0.3, 0.4) is 0 Å². The van der Waals surface area contributed by atoms with E-state index in [2.05, 4.69) is 6.07 Å². The summed E-state index contributed by atoms with van der Waals surface area (Å²) in [5, 5.41) is 0. The molecule has 0 N–H and O–H groups in total. The summed E-state index contributed by atoms with van der Waals surface area (Å²) in [6.07, 6.45) is 0.448. The van der Waals surface area contributed by atoms with Crippen LogP contribution in [-0.2, 0) is 4.79 Å². The molecule has 3 heteroatoms. The minimum Gasteiger partial charge on any atom is -0.491 e. The van der Waals surface area contributed by atoms with E-state index >= 15 is 0 Å². The third-order valence-electron chi connectivity index (χ3n) is 2.69. The van der Waals surface area contributed by atoms with Gasteiger partial charge in [0, 0.05) is 7.05 Å². The summed E-state index contributed by atoms with van der Waals surface area (Å²) in [6.45, 7) is 4.51. The standard InChI is InChI=1S/C12H15NO2/c1-8-6-9(2)12-10(7-8)15-5-4-11(14)13(12)3/h6-7H,4-5H2,1-3H3. The number of anilines is 1. The van der Waals surface area contributed by atoms with E-state index in [9.17, 15) is 4.79 Å². The number of benzene rings is 1. The second-order valence-electron chi connectivity index (χ2n) is 3.98. The molecular formula is C12H15NO2. The molecule has 1 aliphatic heterocycles. The van der Waals surface area contributed by atoms with Crippen LogP contribution in [0.2, 0.25) is 0 Å². The van der Waals surface area contributed by atoms with Crippen molar-refractivity contribution in [3.8, 4) is 5.75 Å². The Labute approximate surface area is 89.7 Å². The van der Waals surface area contributed by atoms with Crippen LogP contribution >= 0.6 is 0 Å². The molecule has 0 radical (unpaired) electrons. The Kier molecular flexibility index (Phi) is 2.39. The van der Waals surface area contributed by atoms with Crippen molar-refractivity contribution in [3.05, 3.63) is 23.3 Å². The molecule has 0 spiro atoms. The molecule has 0 aromatic heterocycles. The summed E-state index contributed by atoms with van der Waals surface area (Å²) in [5.74, 6) is 0.932. The highest BCUT2D eigenvalue weighted by Crippen LogP contribution is 2.34. The number of fused-ring (bicyclic) bond motifs is 1. The zero-order valence-corrected chi connectivity index (χ0v) is 9.33. The van der Waals surface area contributed by atoms with Gasteiger partial charge in [-0.3, -0.25) is 4.79 Å². The molecule has 0 saturated heterocycles. The Balaban J connectivity index is 2.58. The van der Waals surface area contributed by atoms with Crippen LogP contribution in [0, 0.1) is 13.8 Å². The number of hydrogen-bond donors (Lipinski definition) is 0. The number of amides is 1. The Morgan fingerprint density at radius 1 is 1.33 bits per heavy atom. The van der Waals surface area contributed by atoms with E-state index < -0.39 is 0 Å². The zero-order chi connectivity index (χ0) is 11.0. The van der Waals surface area contributed by atoms with E-state index in [0.717, 1.165) is 22.6 Å². The van der Waals surface area contributed by atoms with Crippen molar-refractivity contribution in [2.24, 2.45) is 0 Å². The highest BCUT2D eigenvalue weighted by molar-refractivity contribution is 5.96. The van der Waals surface area contributed by atoms with E-state index in [1.54, 1.807) is 11.9 Å². The lowest BCUT2D eigenvalue weighted by Crippen LogP contribution is -2.25. The Hall–Kier alpha value is -1.51. The number of carbonyl (C=O) groups excluding carboxylic acids is 1. The first-order valence-corrected chi connectivity index (χ1v) is 5.10. The first kappa shape index (κ1) is 10.0. The van der Waals surface area contributed by atoms with E-state index in [1.165, 1.54) is 0 Å². The molecule has 0 saturated carbocycles. The van der Waals surface area contributed by atoms with Gasteiger partial charge < -0.3 is 9.64 Å². The predicted molar refractivity (Wildman–Crippen MR) is 59.4 cm³/mol. The smallest absolute Gasteiger partial charge is 0.230 e. The summed E-state index contributed by atoms with van der Waals surface area (Å²) in [4.78, 5) is 13.4. The number of aryl methyl sites for hydroxylation is 2. The highest BCUT2D eigenvalue weighted by Gasteiger charge is 2.21. The molecule has 15 heavy (non-hydrogen) atoms. The lowest BCUT2D eigenvalue weighted by atomic mass is 10.1. The Morgan fingerprint density at radius 2 is 2.07 bits per heavy atom. The fraction of sp³-hybridized carbons (Fsp3) is 0.417. The van der Waals surface area contributed by atoms with Crippen LogP contribution in [0.1, 0.15) is 17.5 Å². The van der Waals surface area contributed by atoms with Gasteiger partial charge in [-0.25, -0.2) is 0 Å². The first-order chi connectivity index (χ1) is 7.09. The molecule has 0 bridgehead atoms. The van der Waals surface area contributed by atoms with Crippen molar-refractivity contribution in [1.29, 1.82) is 0 Å². The largest absolute Gasteiger partial charge is 0.491 e. The molecule has 0 fully saturated rings. The summed E-state index contributed by atoms with van der Waals surface area (Å²) in [6, 6.07) is 4.05. The number of rotatable bonds is 0. The highest BCUT2D eigenvalue weighted by atomic mass is 16.5. The molecule has 0 atom stereocenters. The normalized spacial score (nSPS) is 15.7. The van der Waals surface area contributed by atoms with Crippen molar-refractivity contribution in [3.63, 3.8) is 0 Å². The summed E-state index contributed by atoms with van der Waals surface area (Å²) >= 11 is 0. The van der Waals surface area contributed by atoms with Crippen molar-refractivity contribution >= 4 is 11.6 Å². The first-order valence-electron chi connectivity index (χ1n) is 5.10. The number of ether oxygens (including phenoxy) is 1. The van der Waals surface area contributed by atoms with Crippen LogP contribution in [0.4, 0.5) is 5.69 Å². The second kappa shape index (κ2) is 3.57. The lowest BCUT2D eigenvalue weighted by Gasteiger charge is -2.19. The van der Waals surface area contributed by atoms with Crippen LogP contribution in [-0.4, -0.2) is 19.6 Å². The van der Waals surface area contributed by atoms with Gasteiger partial charge in [-0.2, -0.15) is 0 Å². The molecular weight excluding hydrogens is 190 g/mol. The molecule has 0 unspecified atom stereocenters. The summed E-state index contributed by atoms with van der Waals surface area (Å²) < 4.78 is 5.59. The van der Waals surface area contributed by atoms with Gasteiger partial charge in [-0.1, -0.05) is 6.07 Å². The lowest BCUT2D eigenvalue weighted by molar-refractivity contribution is -0.118. The fourth-order valence-corrected chi connectivity index (χ4v) is 2.00. The van der Waals surface area contributed by atoms with E-state index in [-0.39, 0.29) is 5.91 Å². The van der Waals surface area contributed by atoms with E-state index in [0.29, 0.717) is 13.0 Å². The topological polar surface area (TPSA) is 29.5 Å². The Bertz CT molecular complexity index is 412. The average molecular weight is 205 g/mol. The molecule has 1 aliphatic rings. The summed E-state index contributed by atoms with van der Waals surface area (Å²) in [7, 11) is 1.80. The van der Waals surface area contributed by atoms with Crippen LogP contribution < -0.4 is 9.64 Å². The molecule has 1 amide bonds. The molecule has 2 rings (SSSR count). The van der Waals surface area contributed by atoms with Gasteiger partial charge in [0.25, 0.3) is 0 Å². The van der Waals surface area contributed by atoms with Gasteiger partial charge in [-0.05, 0) is 31.0 Å². The maximum atomic E-state index is 11.7. The van der Waals surface area contributed by atoms with Crippen molar-refractivity contribution in [2.45, 2.75) is 20.3 Å². The minimum absolute atomic E-state index is 0.112. The number of hydrogen-bond acceptors (Lipinski definition) is 2. The molecule has 1 aromatic carbocycles. The molecule has 1 heterocycles. The quantitative estimate of drug-likeness (QED) is 0.648. The van der Waals surface area contributed by atoms with Crippen molar-refractivity contribution in [2.75, 3.05) is 18.6 Å². The average Bonchev–Trinajstić information content (AvgIpc) is 2.27. The second-order valence-corrected chi connectivity index (χ2v) is 3.98. The van der Waals surface area contributed by atoms with Gasteiger partial charge in [0.05, 0.1) is 18.7 Å². The molecule has 0 aliphatic carbocycles. The summed E-state index contributed by atoms with van der Waals surface area (Å²) in [5.41, 5.74) is 3.15. The number of carbonyl (C=O) groups is 1. The third kappa shape index (κ3) is 1.69. The maximum absolute atomic E-state index is 11.7. The maximum Gasteiger partial charge on any atom is 0.230 e. The van der Waals surface area contributed by atoms with Gasteiger partial charge in [0.2, 0.25) is 5.91 Å². The van der Waals surface area contributed by atoms with Gasteiger partial charge in [0.15, 0.2) is 0 Å². The van der Waals surface area contributed by atoms with E-state index in [4.69, 9.17) is 4.74 Å². The van der Waals surface area contributed by atoms with Gasteiger partial charge in [-0.15, -0.1) is 0 Å². The fourth-order valence-electron chi connectivity index (χ4n) is 2.00. The van der Waals surface area contributed by atoms with Crippen LogP contribution in [0.25, 0.3) is 0 Å². The zero-order valence-electron chi connectivity index (χ0n) is 9.33. The molecule has 1 aromatic rings. The van der Waals surface area contributed by atoms with Crippen molar-refractivity contribution < 1.29 is 9.53 Å². The SMILES string of the molecule is Cc1cc(C)c2c(c1)OCCC(=O)N2C.